The number of aromatic nitrogens is 4. The fourth-order valence-electron chi connectivity index (χ4n) is 2.95. The maximum absolute atomic E-state index is 12.0. The molecule has 29 heavy (non-hydrogen) atoms. The van der Waals surface area contributed by atoms with Crippen molar-refractivity contribution < 1.29 is 14.3 Å². The van der Waals surface area contributed by atoms with E-state index in [-0.39, 0.29) is 18.1 Å². The number of nitrogens with one attached hydrogen (secondary N) is 3. The molecule has 4 rings (SSSR count). The van der Waals surface area contributed by atoms with E-state index in [0.717, 1.165) is 15.4 Å². The van der Waals surface area contributed by atoms with Gasteiger partial charge in [-0.3, -0.25) is 10.1 Å². The molecule has 9 nitrogen and oxygen atoms in total. The number of carbonyl (C=O) groups excluding carboxylic acids is 1. The van der Waals surface area contributed by atoms with Crippen molar-refractivity contribution >= 4 is 49.8 Å². The van der Waals surface area contributed by atoms with Crippen LogP contribution in [0.5, 0.6) is 0 Å². The van der Waals surface area contributed by atoms with Gasteiger partial charge >= 0.3 is 6.09 Å². The number of methoxy groups -OCH3 is 1. The quantitative estimate of drug-likeness (QED) is 0.394. The molecule has 0 radical (unpaired) electrons. The molecular formula is C19H16BrN5O4. The van der Waals surface area contributed by atoms with Crippen LogP contribution in [0.1, 0.15) is 0 Å². The summed E-state index contributed by atoms with van der Waals surface area (Å²) in [6.45, 7) is 0.448. The van der Waals surface area contributed by atoms with Crippen LogP contribution >= 0.6 is 15.9 Å². The number of carbonyl (C=O) groups is 1. The lowest BCUT2D eigenvalue weighted by Crippen LogP contribution is -2.17. The molecule has 10 heteroatoms. The summed E-state index contributed by atoms with van der Waals surface area (Å²) in [6, 6.07) is 10.9. The summed E-state index contributed by atoms with van der Waals surface area (Å²) in [5.41, 5.74) is 2.45. The van der Waals surface area contributed by atoms with E-state index < -0.39 is 6.09 Å². The van der Waals surface area contributed by atoms with Crippen molar-refractivity contribution in [1.29, 1.82) is 0 Å². The summed E-state index contributed by atoms with van der Waals surface area (Å²) in [6.07, 6.45) is -0.634. The molecule has 1 amide bonds. The number of halogens is 1. The highest BCUT2D eigenvalue weighted by Gasteiger charge is 2.14. The van der Waals surface area contributed by atoms with E-state index in [9.17, 15) is 9.59 Å². The predicted octanol–water partition coefficient (Wildman–Crippen LogP) is 3.42. The molecule has 2 heterocycles. The lowest BCUT2D eigenvalue weighted by Gasteiger charge is -2.06. The van der Waals surface area contributed by atoms with Gasteiger partial charge in [-0.2, -0.15) is 5.10 Å². The number of ether oxygens (including phenoxy) is 2. The zero-order valence-electron chi connectivity index (χ0n) is 15.3. The number of fused-ring (bicyclic) bond motifs is 2. The second kappa shape index (κ2) is 8.02. The number of anilines is 1. The molecule has 0 aliphatic heterocycles. The maximum atomic E-state index is 12.0. The number of hydrogen-bond acceptors (Lipinski definition) is 6. The Hall–Kier alpha value is -3.24. The van der Waals surface area contributed by atoms with Gasteiger partial charge in [0.25, 0.3) is 5.56 Å². The van der Waals surface area contributed by atoms with Crippen LogP contribution in [0.15, 0.2) is 45.7 Å². The summed E-state index contributed by atoms with van der Waals surface area (Å²) in [5.74, 6) is 0.250. The summed E-state index contributed by atoms with van der Waals surface area (Å²) in [7, 11) is 1.52. The van der Waals surface area contributed by atoms with Gasteiger partial charge in [0.15, 0.2) is 0 Å². The third-order valence-electron chi connectivity index (χ3n) is 4.26. The minimum Gasteiger partial charge on any atom is -0.447 e. The normalized spacial score (nSPS) is 11.1. The number of nitrogens with zero attached hydrogens (tertiary/aromatic N) is 2. The molecule has 0 aliphatic rings. The van der Waals surface area contributed by atoms with Crippen LogP contribution < -0.4 is 10.9 Å². The number of aromatic amines is 2. The van der Waals surface area contributed by atoms with Crippen molar-refractivity contribution in [3.8, 4) is 11.3 Å². The smallest absolute Gasteiger partial charge is 0.414 e. The van der Waals surface area contributed by atoms with Crippen molar-refractivity contribution in [2.45, 2.75) is 0 Å². The van der Waals surface area contributed by atoms with Gasteiger partial charge in [0, 0.05) is 22.5 Å². The van der Waals surface area contributed by atoms with Crippen LogP contribution in [0, 0.1) is 0 Å². The SMILES string of the molecule is COCCOC(=O)Nc1nc2cc(-c3n[nH]c(=O)c4ccccc34)cc(Br)c2[nH]1. The molecule has 0 saturated carbocycles. The average molecular weight is 458 g/mol. The Morgan fingerprint density at radius 1 is 1.21 bits per heavy atom. The standard InChI is InChI=1S/C19H16BrN5O4/c1-28-6-7-29-19(27)23-18-21-14-9-10(8-13(20)16(14)22-18)15-11-4-2-3-5-12(11)17(26)25-24-15/h2-5,8-9H,6-7H2,1H3,(H,25,26)(H2,21,22,23,27). The second-order valence-electron chi connectivity index (χ2n) is 6.14. The second-order valence-corrected chi connectivity index (χ2v) is 6.99. The van der Waals surface area contributed by atoms with Gasteiger partial charge < -0.3 is 14.5 Å². The fourth-order valence-corrected chi connectivity index (χ4v) is 3.50. The lowest BCUT2D eigenvalue weighted by atomic mass is 10.0. The molecule has 0 atom stereocenters. The predicted molar refractivity (Wildman–Crippen MR) is 112 cm³/mol. The van der Waals surface area contributed by atoms with Crippen LogP contribution in [-0.2, 0) is 9.47 Å². The van der Waals surface area contributed by atoms with E-state index in [0.29, 0.717) is 28.7 Å². The van der Waals surface area contributed by atoms with Crippen LogP contribution in [0.25, 0.3) is 33.1 Å². The van der Waals surface area contributed by atoms with Crippen LogP contribution in [0.4, 0.5) is 10.7 Å². The Labute approximate surface area is 172 Å². The fraction of sp³-hybridized carbons (Fsp3) is 0.158. The zero-order valence-corrected chi connectivity index (χ0v) is 16.9. The van der Waals surface area contributed by atoms with E-state index in [1.807, 2.05) is 24.3 Å². The molecule has 3 N–H and O–H groups in total. The first kappa shape index (κ1) is 19.1. The summed E-state index contributed by atoms with van der Waals surface area (Å²) >= 11 is 3.52. The molecule has 148 valence electrons. The first-order valence-corrected chi connectivity index (χ1v) is 9.46. The monoisotopic (exact) mass is 457 g/mol. The van der Waals surface area contributed by atoms with Crippen molar-refractivity contribution in [3.05, 3.63) is 51.2 Å². The summed E-state index contributed by atoms with van der Waals surface area (Å²) in [4.78, 5) is 31.3. The van der Waals surface area contributed by atoms with E-state index in [1.165, 1.54) is 7.11 Å². The Morgan fingerprint density at radius 3 is 2.79 bits per heavy atom. The number of benzene rings is 2. The molecule has 0 saturated heterocycles. The number of imidazole rings is 1. The number of amides is 1. The number of hydrogen-bond donors (Lipinski definition) is 3. The van der Waals surface area contributed by atoms with Crippen molar-refractivity contribution in [3.63, 3.8) is 0 Å². The van der Waals surface area contributed by atoms with Gasteiger partial charge in [-0.25, -0.2) is 14.9 Å². The van der Waals surface area contributed by atoms with Gasteiger partial charge in [0.05, 0.1) is 28.7 Å². The molecule has 0 unspecified atom stereocenters. The summed E-state index contributed by atoms with van der Waals surface area (Å²) < 4.78 is 10.5. The minimum atomic E-state index is -0.634. The number of H-pyrrole nitrogens is 2. The number of rotatable bonds is 5. The van der Waals surface area contributed by atoms with E-state index in [1.54, 1.807) is 12.1 Å². The Kier molecular flexibility index (Phi) is 5.28. The third kappa shape index (κ3) is 3.84. The first-order chi connectivity index (χ1) is 14.1. The maximum Gasteiger partial charge on any atom is 0.414 e. The first-order valence-electron chi connectivity index (χ1n) is 8.66. The lowest BCUT2D eigenvalue weighted by molar-refractivity contribution is 0.107. The van der Waals surface area contributed by atoms with Crippen molar-refractivity contribution in [2.24, 2.45) is 0 Å². The van der Waals surface area contributed by atoms with Gasteiger partial charge in [-0.1, -0.05) is 18.2 Å². The Bertz CT molecular complexity index is 1270. The van der Waals surface area contributed by atoms with Gasteiger partial charge in [-0.15, -0.1) is 0 Å². The van der Waals surface area contributed by atoms with Crippen LogP contribution in [-0.4, -0.2) is 46.6 Å². The molecule has 0 aliphatic carbocycles. The molecule has 0 fully saturated rings. The van der Waals surface area contributed by atoms with E-state index in [2.05, 4.69) is 41.4 Å². The molecule has 2 aromatic heterocycles. The van der Waals surface area contributed by atoms with E-state index >= 15 is 0 Å². The topological polar surface area (TPSA) is 122 Å². The van der Waals surface area contributed by atoms with Crippen molar-refractivity contribution in [2.75, 3.05) is 25.6 Å². The van der Waals surface area contributed by atoms with Crippen LogP contribution in [0.3, 0.4) is 0 Å². The van der Waals surface area contributed by atoms with E-state index in [4.69, 9.17) is 9.47 Å². The molecule has 4 aromatic rings. The highest BCUT2D eigenvalue weighted by molar-refractivity contribution is 9.10. The third-order valence-corrected chi connectivity index (χ3v) is 4.88. The Morgan fingerprint density at radius 2 is 2.00 bits per heavy atom. The van der Waals surface area contributed by atoms with Gasteiger partial charge in [-0.05, 0) is 34.1 Å². The van der Waals surface area contributed by atoms with Crippen LogP contribution in [0.2, 0.25) is 0 Å². The minimum absolute atomic E-state index is 0.140. The van der Waals surface area contributed by atoms with Crippen molar-refractivity contribution in [1.82, 2.24) is 20.2 Å². The van der Waals surface area contributed by atoms with Gasteiger partial charge in [0.1, 0.15) is 6.61 Å². The molecule has 2 aromatic carbocycles. The zero-order chi connectivity index (χ0) is 20.4. The van der Waals surface area contributed by atoms with Gasteiger partial charge in [0.2, 0.25) is 5.95 Å². The Balaban J connectivity index is 1.71. The highest BCUT2D eigenvalue weighted by atomic mass is 79.9. The average Bonchev–Trinajstić information content (AvgIpc) is 3.11. The molecular weight excluding hydrogens is 442 g/mol. The molecule has 0 spiro atoms. The highest BCUT2D eigenvalue weighted by Crippen LogP contribution is 2.32. The largest absolute Gasteiger partial charge is 0.447 e. The summed E-state index contributed by atoms with van der Waals surface area (Å²) in [5, 5.41) is 10.6. The molecule has 0 bridgehead atoms.